The number of amides is 3. The molecule has 3 amide bonds. The molecule has 3 aromatic rings. The molecular formula is C24H27N5O3. The van der Waals surface area contributed by atoms with E-state index in [1.807, 2.05) is 37.3 Å². The van der Waals surface area contributed by atoms with Gasteiger partial charge < -0.3 is 25.3 Å². The lowest BCUT2D eigenvalue weighted by Gasteiger charge is -2.26. The number of rotatable bonds is 6. The third-order valence-electron chi connectivity index (χ3n) is 5.41. The van der Waals surface area contributed by atoms with Gasteiger partial charge in [-0.15, -0.1) is 0 Å². The average molecular weight is 434 g/mol. The number of carbonyl (C=O) groups excluding carboxylic acids is 2. The number of morpholine rings is 1. The van der Waals surface area contributed by atoms with Crippen LogP contribution in [0.25, 0.3) is 11.3 Å². The number of anilines is 1. The zero-order chi connectivity index (χ0) is 22.3. The Bertz CT molecular complexity index is 1040. The summed E-state index contributed by atoms with van der Waals surface area (Å²) in [5, 5.41) is 5.78. The highest BCUT2D eigenvalue weighted by Gasteiger charge is 2.19. The molecule has 0 radical (unpaired) electrons. The van der Waals surface area contributed by atoms with Gasteiger partial charge >= 0.3 is 6.03 Å². The highest BCUT2D eigenvalue weighted by molar-refractivity contribution is 5.95. The van der Waals surface area contributed by atoms with Crippen LogP contribution >= 0.6 is 0 Å². The fraction of sp³-hybridized carbons (Fsp3) is 0.292. The number of aromatic nitrogens is 2. The number of imidazole rings is 1. The number of carbonyl (C=O) groups is 2. The molecule has 1 aromatic heterocycles. The van der Waals surface area contributed by atoms with Crippen molar-refractivity contribution in [3.8, 4) is 11.3 Å². The summed E-state index contributed by atoms with van der Waals surface area (Å²) >= 11 is 0. The second-order valence-electron chi connectivity index (χ2n) is 7.59. The third kappa shape index (κ3) is 5.15. The molecule has 0 unspecified atom stereocenters. The molecule has 1 atom stereocenters. The number of urea groups is 1. The minimum Gasteiger partial charge on any atom is -0.378 e. The van der Waals surface area contributed by atoms with Crippen molar-refractivity contribution in [1.82, 2.24) is 20.2 Å². The van der Waals surface area contributed by atoms with E-state index in [0.717, 1.165) is 11.3 Å². The predicted octanol–water partition coefficient (Wildman–Crippen LogP) is 3.82. The van der Waals surface area contributed by atoms with Crippen LogP contribution in [0.3, 0.4) is 0 Å². The molecule has 8 nitrogen and oxygen atoms in total. The molecule has 1 saturated heterocycles. The molecular weight excluding hydrogens is 406 g/mol. The van der Waals surface area contributed by atoms with Crippen molar-refractivity contribution >= 4 is 17.6 Å². The molecule has 32 heavy (non-hydrogen) atoms. The van der Waals surface area contributed by atoms with Crippen LogP contribution in [0.5, 0.6) is 0 Å². The molecule has 0 saturated carbocycles. The number of hydrogen-bond donors (Lipinski definition) is 3. The zero-order valence-electron chi connectivity index (χ0n) is 18.0. The molecule has 2 aromatic carbocycles. The molecule has 8 heteroatoms. The van der Waals surface area contributed by atoms with Crippen LogP contribution in [0.15, 0.2) is 60.8 Å². The lowest BCUT2D eigenvalue weighted by Crippen LogP contribution is -2.40. The second-order valence-corrected chi connectivity index (χ2v) is 7.59. The number of benzene rings is 2. The van der Waals surface area contributed by atoms with Crippen molar-refractivity contribution in [2.45, 2.75) is 19.4 Å². The maximum absolute atomic E-state index is 12.5. The summed E-state index contributed by atoms with van der Waals surface area (Å²) in [4.78, 5) is 34.6. The Morgan fingerprint density at radius 1 is 1.09 bits per heavy atom. The first-order valence-electron chi connectivity index (χ1n) is 10.8. The number of ether oxygens (including phenoxy) is 1. The van der Waals surface area contributed by atoms with Crippen LogP contribution in [0.2, 0.25) is 0 Å². The maximum atomic E-state index is 12.5. The molecule has 1 aliphatic rings. The fourth-order valence-electron chi connectivity index (χ4n) is 3.61. The van der Waals surface area contributed by atoms with Crippen molar-refractivity contribution in [1.29, 1.82) is 0 Å². The summed E-state index contributed by atoms with van der Waals surface area (Å²) in [6.07, 6.45) is 2.46. The Morgan fingerprint density at radius 3 is 2.50 bits per heavy atom. The fourth-order valence-corrected chi connectivity index (χ4v) is 3.61. The molecule has 3 N–H and O–H groups in total. The number of nitrogens with one attached hydrogen (secondary N) is 3. The smallest absolute Gasteiger partial charge is 0.319 e. The van der Waals surface area contributed by atoms with E-state index in [1.54, 1.807) is 35.4 Å². The Balaban J connectivity index is 1.35. The van der Waals surface area contributed by atoms with Gasteiger partial charge in [0.25, 0.3) is 5.91 Å². The molecule has 1 fully saturated rings. The van der Waals surface area contributed by atoms with Crippen LogP contribution in [-0.4, -0.2) is 53.1 Å². The molecule has 4 rings (SSSR count). The van der Waals surface area contributed by atoms with Gasteiger partial charge in [-0.05, 0) is 36.2 Å². The summed E-state index contributed by atoms with van der Waals surface area (Å²) in [5.41, 5.74) is 3.15. The minimum absolute atomic E-state index is 0.0256. The summed E-state index contributed by atoms with van der Waals surface area (Å²) < 4.78 is 5.29. The Hall–Kier alpha value is -3.65. The number of H-pyrrole nitrogens is 1. The van der Waals surface area contributed by atoms with E-state index in [0.29, 0.717) is 49.8 Å². The molecule has 0 aliphatic carbocycles. The largest absolute Gasteiger partial charge is 0.378 e. The quantitative estimate of drug-likeness (QED) is 0.550. The summed E-state index contributed by atoms with van der Waals surface area (Å²) in [6.45, 7) is 4.30. The molecule has 0 spiro atoms. The van der Waals surface area contributed by atoms with Crippen molar-refractivity contribution < 1.29 is 14.3 Å². The van der Waals surface area contributed by atoms with Gasteiger partial charge in [0.15, 0.2) is 0 Å². The van der Waals surface area contributed by atoms with Crippen molar-refractivity contribution in [3.05, 3.63) is 72.2 Å². The Kier molecular flexibility index (Phi) is 6.81. The van der Waals surface area contributed by atoms with Gasteiger partial charge in [0, 0.05) is 24.3 Å². The lowest BCUT2D eigenvalue weighted by molar-refractivity contribution is 0.0303. The van der Waals surface area contributed by atoms with Gasteiger partial charge in [-0.1, -0.05) is 37.3 Å². The molecule has 2 heterocycles. The van der Waals surface area contributed by atoms with Gasteiger partial charge in [-0.25, -0.2) is 9.78 Å². The van der Waals surface area contributed by atoms with Crippen LogP contribution < -0.4 is 10.6 Å². The lowest BCUT2D eigenvalue weighted by atomic mass is 10.1. The number of hydrogen-bond acceptors (Lipinski definition) is 4. The van der Waals surface area contributed by atoms with Gasteiger partial charge in [0.2, 0.25) is 0 Å². The van der Waals surface area contributed by atoms with Gasteiger partial charge in [-0.3, -0.25) is 4.79 Å². The zero-order valence-corrected chi connectivity index (χ0v) is 18.0. The van der Waals surface area contributed by atoms with E-state index < -0.39 is 0 Å². The normalized spacial score (nSPS) is 14.6. The Labute approximate surface area is 187 Å². The van der Waals surface area contributed by atoms with Crippen molar-refractivity contribution in [2.75, 3.05) is 31.6 Å². The topological polar surface area (TPSA) is 99.3 Å². The van der Waals surface area contributed by atoms with Gasteiger partial charge in [-0.2, -0.15) is 0 Å². The highest BCUT2D eigenvalue weighted by Crippen LogP contribution is 2.21. The second kappa shape index (κ2) is 10.1. The van der Waals surface area contributed by atoms with Gasteiger partial charge in [0.1, 0.15) is 5.82 Å². The van der Waals surface area contributed by atoms with Crippen molar-refractivity contribution in [2.24, 2.45) is 0 Å². The van der Waals surface area contributed by atoms with E-state index in [1.165, 1.54) is 0 Å². The predicted molar refractivity (Wildman–Crippen MR) is 122 cm³/mol. The van der Waals surface area contributed by atoms with Crippen molar-refractivity contribution in [3.63, 3.8) is 0 Å². The summed E-state index contributed by atoms with van der Waals surface area (Å²) in [5.74, 6) is 0.676. The SMILES string of the molecule is CC[C@@H](NC(=O)Nc1ccc(C(=O)N2CCOCC2)cc1)c1ncc(-c2ccccc2)[nH]1. The average Bonchev–Trinajstić information content (AvgIpc) is 3.34. The monoisotopic (exact) mass is 433 g/mol. The third-order valence-corrected chi connectivity index (χ3v) is 5.41. The molecule has 1 aliphatic heterocycles. The van der Waals surface area contributed by atoms with Crippen LogP contribution in [0.4, 0.5) is 10.5 Å². The molecule has 166 valence electrons. The van der Waals surface area contributed by atoms with Crippen LogP contribution in [0, 0.1) is 0 Å². The van der Waals surface area contributed by atoms with E-state index in [4.69, 9.17) is 4.74 Å². The first kappa shape index (κ1) is 21.6. The van der Waals surface area contributed by atoms with E-state index >= 15 is 0 Å². The van der Waals surface area contributed by atoms with E-state index in [9.17, 15) is 9.59 Å². The number of nitrogens with zero attached hydrogens (tertiary/aromatic N) is 2. The van der Waals surface area contributed by atoms with E-state index in [2.05, 4.69) is 20.6 Å². The maximum Gasteiger partial charge on any atom is 0.319 e. The van der Waals surface area contributed by atoms with Gasteiger partial charge in [0.05, 0.1) is 31.1 Å². The standard InChI is InChI=1S/C24H27N5O3/c1-2-20(22-25-16-21(27-22)17-6-4-3-5-7-17)28-24(31)26-19-10-8-18(9-11-19)23(30)29-12-14-32-15-13-29/h3-11,16,20H,2,12-15H2,1H3,(H,25,27)(H2,26,28,31)/t20-/m1/s1. The first-order valence-corrected chi connectivity index (χ1v) is 10.8. The number of aromatic amines is 1. The highest BCUT2D eigenvalue weighted by atomic mass is 16.5. The summed E-state index contributed by atoms with van der Waals surface area (Å²) in [7, 11) is 0. The van der Waals surface area contributed by atoms with E-state index in [-0.39, 0.29) is 18.0 Å². The summed E-state index contributed by atoms with van der Waals surface area (Å²) in [6, 6.07) is 16.2. The van der Waals surface area contributed by atoms with Crippen LogP contribution in [0.1, 0.15) is 35.6 Å². The minimum atomic E-state index is -0.332. The first-order chi connectivity index (χ1) is 15.6. The molecule has 0 bridgehead atoms. The van der Waals surface area contributed by atoms with Crippen LogP contribution in [-0.2, 0) is 4.74 Å². The Morgan fingerprint density at radius 2 is 1.81 bits per heavy atom.